The summed E-state index contributed by atoms with van der Waals surface area (Å²) in [4.78, 5) is 16.3. The number of carbonyl (C=O) groups is 1. The largest absolute Gasteiger partial charge is 0.328 e. The molecule has 0 fully saturated rings. The number of benzene rings is 2. The van der Waals surface area contributed by atoms with Crippen LogP contribution in [0.4, 0.5) is 5.69 Å². The van der Waals surface area contributed by atoms with Crippen LogP contribution in [0.15, 0.2) is 69.8 Å². The number of rotatable bonds is 4. The SMILES string of the molecule is O=C(Nc1ccc(Br)cc1)c1nc(-c2cn(-c3ccccc3)nn2)no1. The first-order valence-corrected chi connectivity index (χ1v) is 8.37. The first kappa shape index (κ1) is 16.2. The van der Waals surface area contributed by atoms with E-state index in [4.69, 9.17) is 4.52 Å². The summed E-state index contributed by atoms with van der Waals surface area (Å²) in [6, 6.07) is 16.6. The molecule has 0 aliphatic carbocycles. The van der Waals surface area contributed by atoms with E-state index in [1.165, 1.54) is 0 Å². The molecule has 26 heavy (non-hydrogen) atoms. The minimum absolute atomic E-state index is 0.155. The second-order valence-corrected chi connectivity index (χ2v) is 6.18. The van der Waals surface area contributed by atoms with Crippen molar-refractivity contribution in [1.29, 1.82) is 0 Å². The fourth-order valence-electron chi connectivity index (χ4n) is 2.21. The Labute approximate surface area is 156 Å². The summed E-state index contributed by atoms with van der Waals surface area (Å²) >= 11 is 3.34. The number of amides is 1. The van der Waals surface area contributed by atoms with Crippen molar-refractivity contribution in [3.63, 3.8) is 0 Å². The van der Waals surface area contributed by atoms with E-state index in [1.807, 2.05) is 42.5 Å². The number of hydrogen-bond donors (Lipinski definition) is 1. The lowest BCUT2D eigenvalue weighted by Gasteiger charge is -2.01. The van der Waals surface area contributed by atoms with Crippen LogP contribution in [-0.2, 0) is 0 Å². The monoisotopic (exact) mass is 410 g/mol. The van der Waals surface area contributed by atoms with E-state index in [-0.39, 0.29) is 11.7 Å². The summed E-state index contributed by atoms with van der Waals surface area (Å²) < 4.78 is 7.54. The van der Waals surface area contributed by atoms with Crippen LogP contribution in [-0.4, -0.2) is 31.0 Å². The van der Waals surface area contributed by atoms with Gasteiger partial charge in [0, 0.05) is 10.2 Å². The predicted molar refractivity (Wildman–Crippen MR) is 96.7 cm³/mol. The molecule has 4 rings (SSSR count). The first-order chi connectivity index (χ1) is 12.7. The normalized spacial score (nSPS) is 10.7. The molecule has 9 heteroatoms. The zero-order valence-corrected chi connectivity index (χ0v) is 14.8. The van der Waals surface area contributed by atoms with Gasteiger partial charge in [0.05, 0.1) is 11.9 Å². The van der Waals surface area contributed by atoms with E-state index in [0.29, 0.717) is 11.4 Å². The molecule has 8 nitrogen and oxygen atoms in total. The highest BCUT2D eigenvalue weighted by molar-refractivity contribution is 9.10. The van der Waals surface area contributed by atoms with Crippen LogP contribution in [0.1, 0.15) is 10.7 Å². The Morgan fingerprint density at radius 1 is 1.08 bits per heavy atom. The number of nitrogens with one attached hydrogen (secondary N) is 1. The van der Waals surface area contributed by atoms with E-state index in [0.717, 1.165) is 10.2 Å². The molecule has 0 aliphatic heterocycles. The van der Waals surface area contributed by atoms with Crippen molar-refractivity contribution in [2.24, 2.45) is 0 Å². The maximum atomic E-state index is 12.2. The predicted octanol–water partition coefficient (Wildman–Crippen LogP) is 3.33. The molecule has 1 amide bonds. The maximum Gasteiger partial charge on any atom is 0.316 e. The van der Waals surface area contributed by atoms with Crippen LogP contribution in [0.25, 0.3) is 17.2 Å². The van der Waals surface area contributed by atoms with E-state index in [9.17, 15) is 4.79 Å². The van der Waals surface area contributed by atoms with Crippen molar-refractivity contribution >= 4 is 27.5 Å². The van der Waals surface area contributed by atoms with Gasteiger partial charge in [0.15, 0.2) is 5.69 Å². The molecular weight excluding hydrogens is 400 g/mol. The molecule has 0 spiro atoms. The highest BCUT2D eigenvalue weighted by atomic mass is 79.9. The molecule has 0 saturated heterocycles. The molecular formula is C17H11BrN6O2. The van der Waals surface area contributed by atoms with E-state index < -0.39 is 5.91 Å². The van der Waals surface area contributed by atoms with E-state index in [1.54, 1.807) is 23.0 Å². The van der Waals surface area contributed by atoms with Gasteiger partial charge in [-0.05, 0) is 36.4 Å². The van der Waals surface area contributed by atoms with Gasteiger partial charge >= 0.3 is 11.8 Å². The molecule has 2 aromatic carbocycles. The molecule has 0 bridgehead atoms. The van der Waals surface area contributed by atoms with E-state index >= 15 is 0 Å². The molecule has 2 heterocycles. The van der Waals surface area contributed by atoms with Crippen molar-refractivity contribution in [1.82, 2.24) is 25.1 Å². The first-order valence-electron chi connectivity index (χ1n) is 7.58. The van der Waals surface area contributed by atoms with Crippen molar-refractivity contribution < 1.29 is 9.32 Å². The molecule has 128 valence electrons. The third-order valence-corrected chi connectivity index (χ3v) is 3.99. The van der Waals surface area contributed by atoms with Gasteiger partial charge in [-0.25, -0.2) is 4.68 Å². The van der Waals surface area contributed by atoms with Crippen LogP contribution in [0.3, 0.4) is 0 Å². The number of nitrogens with zero attached hydrogens (tertiary/aromatic N) is 5. The lowest BCUT2D eigenvalue weighted by Crippen LogP contribution is -2.12. The Balaban J connectivity index is 1.52. The van der Waals surface area contributed by atoms with Crippen LogP contribution >= 0.6 is 15.9 Å². The van der Waals surface area contributed by atoms with Gasteiger partial charge in [-0.2, -0.15) is 4.98 Å². The smallest absolute Gasteiger partial charge is 0.316 e. The van der Waals surface area contributed by atoms with Gasteiger partial charge in [0.25, 0.3) is 0 Å². The van der Waals surface area contributed by atoms with Gasteiger partial charge in [-0.1, -0.05) is 44.5 Å². The number of halogens is 1. The zero-order valence-electron chi connectivity index (χ0n) is 13.2. The van der Waals surface area contributed by atoms with Gasteiger partial charge in [-0.3, -0.25) is 4.79 Å². The second kappa shape index (κ2) is 6.89. The van der Waals surface area contributed by atoms with Crippen molar-refractivity contribution in [2.75, 3.05) is 5.32 Å². The highest BCUT2D eigenvalue weighted by Gasteiger charge is 2.18. The fraction of sp³-hybridized carbons (Fsp3) is 0. The van der Waals surface area contributed by atoms with Gasteiger partial charge in [0.2, 0.25) is 5.82 Å². The molecule has 0 radical (unpaired) electrons. The number of para-hydroxylation sites is 1. The standard InChI is InChI=1S/C17H11BrN6O2/c18-11-6-8-12(9-7-11)19-16(25)17-20-15(22-26-17)14-10-24(23-21-14)13-4-2-1-3-5-13/h1-10H,(H,19,25). The lowest BCUT2D eigenvalue weighted by molar-refractivity contribution is 0.0981. The Hall–Kier alpha value is -3.33. The van der Waals surface area contributed by atoms with Crippen LogP contribution in [0.2, 0.25) is 0 Å². The number of carbonyl (C=O) groups excluding carboxylic acids is 1. The van der Waals surface area contributed by atoms with Crippen molar-refractivity contribution in [3.8, 4) is 17.2 Å². The highest BCUT2D eigenvalue weighted by Crippen LogP contribution is 2.17. The van der Waals surface area contributed by atoms with E-state index in [2.05, 4.69) is 41.7 Å². The number of hydrogen-bond acceptors (Lipinski definition) is 6. The average molecular weight is 411 g/mol. The van der Waals surface area contributed by atoms with Crippen LogP contribution < -0.4 is 5.32 Å². The third kappa shape index (κ3) is 3.38. The summed E-state index contributed by atoms with van der Waals surface area (Å²) in [5.74, 6) is -0.466. The Kier molecular flexibility index (Phi) is 4.28. The minimum Gasteiger partial charge on any atom is -0.328 e. The zero-order chi connectivity index (χ0) is 17.9. The van der Waals surface area contributed by atoms with Crippen molar-refractivity contribution in [2.45, 2.75) is 0 Å². The molecule has 4 aromatic rings. The van der Waals surface area contributed by atoms with Crippen LogP contribution in [0.5, 0.6) is 0 Å². The Bertz CT molecular complexity index is 1040. The number of anilines is 1. The summed E-state index contributed by atoms with van der Waals surface area (Å²) in [7, 11) is 0. The van der Waals surface area contributed by atoms with Gasteiger partial charge in [-0.15, -0.1) is 5.10 Å². The third-order valence-electron chi connectivity index (χ3n) is 3.47. The summed E-state index contributed by atoms with van der Waals surface area (Å²) in [6.07, 6.45) is 1.66. The molecule has 0 atom stereocenters. The Morgan fingerprint density at radius 2 is 1.85 bits per heavy atom. The molecule has 0 saturated carbocycles. The summed E-state index contributed by atoms with van der Waals surface area (Å²) in [5, 5.41) is 14.5. The topological polar surface area (TPSA) is 98.7 Å². The lowest BCUT2D eigenvalue weighted by atomic mass is 10.3. The minimum atomic E-state index is -0.499. The quantitative estimate of drug-likeness (QED) is 0.553. The van der Waals surface area contributed by atoms with Crippen LogP contribution in [0, 0.1) is 0 Å². The number of aromatic nitrogens is 5. The van der Waals surface area contributed by atoms with Gasteiger partial charge < -0.3 is 9.84 Å². The second-order valence-electron chi connectivity index (χ2n) is 5.27. The fourth-order valence-corrected chi connectivity index (χ4v) is 2.48. The maximum absolute atomic E-state index is 12.2. The Morgan fingerprint density at radius 3 is 2.62 bits per heavy atom. The van der Waals surface area contributed by atoms with Gasteiger partial charge in [0.1, 0.15) is 0 Å². The average Bonchev–Trinajstić information content (AvgIpc) is 3.34. The summed E-state index contributed by atoms with van der Waals surface area (Å²) in [6.45, 7) is 0. The van der Waals surface area contributed by atoms with Crippen molar-refractivity contribution in [3.05, 3.63) is 71.2 Å². The molecule has 0 unspecified atom stereocenters. The molecule has 0 aliphatic rings. The molecule has 2 aromatic heterocycles. The summed E-state index contributed by atoms with van der Waals surface area (Å²) in [5.41, 5.74) is 1.87. The molecule has 1 N–H and O–H groups in total.